The van der Waals surface area contributed by atoms with Crippen LogP contribution < -0.4 is 9.47 Å². The zero-order chi connectivity index (χ0) is 22.4. The highest BCUT2D eigenvalue weighted by Crippen LogP contribution is 2.34. The molecule has 0 bridgehead atoms. The summed E-state index contributed by atoms with van der Waals surface area (Å²) in [4.78, 5) is 29.3. The van der Waals surface area contributed by atoms with E-state index in [0.717, 1.165) is 11.1 Å². The highest BCUT2D eigenvalue weighted by molar-refractivity contribution is 8.26. The molecule has 0 spiro atoms. The zero-order valence-corrected chi connectivity index (χ0v) is 19.3. The first-order valence-corrected chi connectivity index (χ1v) is 11.0. The lowest BCUT2D eigenvalue weighted by Gasteiger charge is -2.23. The second-order valence-corrected chi connectivity index (χ2v) is 8.45. The van der Waals surface area contributed by atoms with Gasteiger partial charge in [-0.1, -0.05) is 60.4 Å². The first-order valence-electron chi connectivity index (χ1n) is 9.76. The number of likely N-dealkylation sites (N-methyl/N-ethyl adjacent to an activating group) is 1. The molecule has 0 aliphatic carbocycles. The Balaban J connectivity index is 1.72. The van der Waals surface area contributed by atoms with E-state index in [-0.39, 0.29) is 18.4 Å². The highest BCUT2D eigenvalue weighted by atomic mass is 32.2. The largest absolute Gasteiger partial charge is 0.493 e. The van der Waals surface area contributed by atoms with Gasteiger partial charge in [0.25, 0.3) is 5.91 Å². The Morgan fingerprint density at radius 1 is 1.13 bits per heavy atom. The number of rotatable bonds is 8. The normalized spacial score (nSPS) is 14.8. The molecule has 6 nitrogen and oxygen atoms in total. The number of thioether (sulfide) groups is 1. The minimum absolute atomic E-state index is 0.0748. The second kappa shape index (κ2) is 10.5. The van der Waals surface area contributed by atoms with Crippen LogP contribution in [0, 0.1) is 0 Å². The van der Waals surface area contributed by atoms with Gasteiger partial charge in [0.2, 0.25) is 5.91 Å². The Labute approximate surface area is 191 Å². The number of carbonyl (C=O) groups is 2. The second-order valence-electron chi connectivity index (χ2n) is 6.78. The van der Waals surface area contributed by atoms with Gasteiger partial charge in [-0.2, -0.15) is 0 Å². The summed E-state index contributed by atoms with van der Waals surface area (Å²) >= 11 is 6.57. The fourth-order valence-electron chi connectivity index (χ4n) is 3.15. The minimum atomic E-state index is -0.270. The van der Waals surface area contributed by atoms with Crippen LogP contribution in [-0.2, 0) is 16.1 Å². The minimum Gasteiger partial charge on any atom is -0.493 e. The summed E-state index contributed by atoms with van der Waals surface area (Å²) in [6, 6.07) is 15.2. The molecule has 3 rings (SSSR count). The molecule has 1 heterocycles. The van der Waals surface area contributed by atoms with Crippen LogP contribution in [0.15, 0.2) is 53.4 Å². The molecule has 2 aromatic rings. The van der Waals surface area contributed by atoms with Crippen LogP contribution in [0.5, 0.6) is 11.5 Å². The molecule has 1 aliphatic heterocycles. The van der Waals surface area contributed by atoms with Gasteiger partial charge in [-0.15, -0.1) is 0 Å². The van der Waals surface area contributed by atoms with Crippen LogP contribution in [0.25, 0.3) is 6.08 Å². The van der Waals surface area contributed by atoms with Crippen LogP contribution in [0.1, 0.15) is 18.1 Å². The summed E-state index contributed by atoms with van der Waals surface area (Å²) < 4.78 is 10.9. The van der Waals surface area contributed by atoms with Crippen molar-refractivity contribution in [1.29, 1.82) is 0 Å². The van der Waals surface area contributed by atoms with E-state index in [9.17, 15) is 9.59 Å². The van der Waals surface area contributed by atoms with E-state index in [0.29, 0.717) is 33.8 Å². The van der Waals surface area contributed by atoms with E-state index in [4.69, 9.17) is 21.7 Å². The van der Waals surface area contributed by atoms with Gasteiger partial charge >= 0.3 is 0 Å². The summed E-state index contributed by atoms with van der Waals surface area (Å²) in [5, 5.41) is 0. The summed E-state index contributed by atoms with van der Waals surface area (Å²) in [7, 11) is 3.12. The quantitative estimate of drug-likeness (QED) is 0.443. The Bertz CT molecular complexity index is 1010. The predicted octanol–water partition coefficient (Wildman–Crippen LogP) is 3.95. The molecule has 8 heteroatoms. The van der Waals surface area contributed by atoms with Gasteiger partial charge in [-0.05, 0) is 36.3 Å². The summed E-state index contributed by atoms with van der Waals surface area (Å²) in [6.07, 6.45) is 1.74. The van der Waals surface area contributed by atoms with Gasteiger partial charge in [-0.3, -0.25) is 14.5 Å². The van der Waals surface area contributed by atoms with Gasteiger partial charge in [0.15, 0.2) is 11.5 Å². The van der Waals surface area contributed by atoms with E-state index in [1.54, 1.807) is 37.3 Å². The molecule has 2 aromatic carbocycles. The Hall–Kier alpha value is -2.84. The molecular weight excluding hydrogens is 432 g/mol. The lowest BCUT2D eigenvalue weighted by atomic mass is 10.2. The molecule has 2 amide bonds. The maximum absolute atomic E-state index is 12.9. The lowest BCUT2D eigenvalue weighted by molar-refractivity contribution is -0.135. The maximum Gasteiger partial charge on any atom is 0.266 e. The number of thiocarbonyl (C=S) groups is 1. The van der Waals surface area contributed by atoms with Crippen molar-refractivity contribution in [3.8, 4) is 11.5 Å². The van der Waals surface area contributed by atoms with Crippen molar-refractivity contribution < 1.29 is 19.1 Å². The van der Waals surface area contributed by atoms with E-state index in [2.05, 4.69) is 0 Å². The third-order valence-corrected chi connectivity index (χ3v) is 6.20. The Morgan fingerprint density at radius 2 is 1.84 bits per heavy atom. The molecule has 0 saturated carbocycles. The molecule has 1 fully saturated rings. The number of nitrogens with zero attached hydrogens (tertiary/aromatic N) is 2. The number of ether oxygens (including phenoxy) is 2. The smallest absolute Gasteiger partial charge is 0.266 e. The Kier molecular flexibility index (Phi) is 7.70. The summed E-state index contributed by atoms with van der Waals surface area (Å²) in [5.41, 5.74) is 1.82. The molecule has 0 radical (unpaired) electrons. The van der Waals surface area contributed by atoms with Crippen molar-refractivity contribution in [2.75, 3.05) is 27.3 Å². The monoisotopic (exact) mass is 456 g/mol. The average Bonchev–Trinajstić information content (AvgIpc) is 3.05. The van der Waals surface area contributed by atoms with Crippen molar-refractivity contribution >= 4 is 46.2 Å². The molecular formula is C23H24N2O4S2. The fourth-order valence-corrected chi connectivity index (χ4v) is 4.40. The summed E-state index contributed by atoms with van der Waals surface area (Å²) in [6.45, 7) is 2.88. The number of hydrogen-bond donors (Lipinski definition) is 0. The number of methoxy groups -OCH3 is 2. The average molecular weight is 457 g/mol. The van der Waals surface area contributed by atoms with Gasteiger partial charge < -0.3 is 14.4 Å². The van der Waals surface area contributed by atoms with E-state index in [1.807, 2.05) is 43.3 Å². The predicted molar refractivity (Wildman–Crippen MR) is 127 cm³/mol. The molecule has 0 aromatic heterocycles. The van der Waals surface area contributed by atoms with E-state index < -0.39 is 0 Å². The van der Waals surface area contributed by atoms with Gasteiger partial charge in [-0.25, -0.2) is 0 Å². The number of hydrogen-bond acceptors (Lipinski definition) is 6. The third-order valence-electron chi connectivity index (χ3n) is 4.82. The van der Waals surface area contributed by atoms with Crippen molar-refractivity contribution in [2.24, 2.45) is 0 Å². The fraction of sp³-hybridized carbons (Fsp3) is 0.261. The van der Waals surface area contributed by atoms with Gasteiger partial charge in [0, 0.05) is 13.1 Å². The Morgan fingerprint density at radius 3 is 2.48 bits per heavy atom. The third kappa shape index (κ3) is 5.45. The number of amides is 2. The standard InChI is InChI=1S/C23H24N2O4S2/c1-4-24(14-16-8-6-5-7-9-16)21(26)15-25-22(27)20(31-23(25)30)13-17-10-11-18(28-2)19(12-17)29-3/h5-13H,4,14-15H2,1-3H3. The topological polar surface area (TPSA) is 59.1 Å². The molecule has 0 unspecified atom stereocenters. The zero-order valence-electron chi connectivity index (χ0n) is 17.7. The van der Waals surface area contributed by atoms with Gasteiger partial charge in [0.1, 0.15) is 10.9 Å². The SMILES string of the molecule is CCN(Cc1ccccc1)C(=O)CN1C(=O)C(=Cc2ccc(OC)c(OC)c2)SC1=S. The molecule has 0 atom stereocenters. The van der Waals surface area contributed by atoms with Crippen LogP contribution in [0.4, 0.5) is 0 Å². The van der Waals surface area contributed by atoms with Gasteiger partial charge in [0.05, 0.1) is 19.1 Å². The van der Waals surface area contributed by atoms with Crippen LogP contribution in [0.2, 0.25) is 0 Å². The lowest BCUT2D eigenvalue weighted by Crippen LogP contribution is -2.41. The van der Waals surface area contributed by atoms with Crippen molar-refractivity contribution in [2.45, 2.75) is 13.5 Å². The molecule has 31 heavy (non-hydrogen) atoms. The van der Waals surface area contributed by atoms with E-state index in [1.165, 1.54) is 16.7 Å². The first kappa shape index (κ1) is 22.8. The maximum atomic E-state index is 12.9. The number of benzene rings is 2. The molecule has 162 valence electrons. The van der Waals surface area contributed by atoms with Crippen LogP contribution >= 0.6 is 24.0 Å². The molecule has 1 saturated heterocycles. The first-order chi connectivity index (χ1) is 15.0. The highest BCUT2D eigenvalue weighted by Gasteiger charge is 2.34. The van der Waals surface area contributed by atoms with Crippen molar-refractivity contribution in [3.05, 3.63) is 64.6 Å². The molecule has 0 N–H and O–H groups in total. The van der Waals surface area contributed by atoms with Crippen molar-refractivity contribution in [3.63, 3.8) is 0 Å². The van der Waals surface area contributed by atoms with Crippen LogP contribution in [0.3, 0.4) is 0 Å². The van der Waals surface area contributed by atoms with Crippen LogP contribution in [-0.4, -0.2) is 53.2 Å². The number of carbonyl (C=O) groups excluding carboxylic acids is 2. The molecule has 1 aliphatic rings. The summed E-state index contributed by atoms with van der Waals surface area (Å²) in [5.74, 6) is 0.765. The van der Waals surface area contributed by atoms with Crippen molar-refractivity contribution in [1.82, 2.24) is 9.80 Å². The van der Waals surface area contributed by atoms with E-state index >= 15 is 0 Å².